The Kier molecular flexibility index (Phi) is 6.22. The molecule has 10 rings (SSSR count). The van der Waals surface area contributed by atoms with Gasteiger partial charge in [0, 0.05) is 33.4 Å². The minimum atomic E-state index is 1.04. The number of rotatable bonds is 2. The Morgan fingerprint density at radius 2 is 0.755 bits per heavy atom. The van der Waals surface area contributed by atoms with Crippen LogP contribution in [0.3, 0.4) is 0 Å². The Labute approximate surface area is 283 Å². The highest BCUT2D eigenvalue weighted by atomic mass is 15.0. The van der Waals surface area contributed by atoms with E-state index in [2.05, 4.69) is 174 Å². The van der Waals surface area contributed by atoms with Crippen LogP contribution >= 0.6 is 0 Å². The summed E-state index contributed by atoms with van der Waals surface area (Å²) in [7, 11) is 0. The second-order valence-electron chi connectivity index (χ2n) is 12.7. The van der Waals surface area contributed by atoms with Gasteiger partial charge in [0.05, 0.1) is 16.6 Å². The van der Waals surface area contributed by atoms with Crippen LogP contribution in [0.15, 0.2) is 182 Å². The van der Waals surface area contributed by atoms with Gasteiger partial charge in [0.25, 0.3) is 0 Å². The van der Waals surface area contributed by atoms with E-state index in [-0.39, 0.29) is 0 Å². The van der Waals surface area contributed by atoms with E-state index in [4.69, 9.17) is 4.98 Å². The second kappa shape index (κ2) is 11.0. The Morgan fingerprint density at radius 3 is 1.47 bits per heavy atom. The van der Waals surface area contributed by atoms with Gasteiger partial charge in [-0.1, -0.05) is 133 Å². The molecule has 0 spiro atoms. The molecule has 0 bridgehead atoms. The molecule has 0 fully saturated rings. The molecule has 228 valence electrons. The number of para-hydroxylation sites is 2. The topological polar surface area (TPSA) is 17.8 Å². The predicted octanol–water partition coefficient (Wildman–Crippen LogP) is 12.7. The molecular formula is C47H30N2. The van der Waals surface area contributed by atoms with Crippen molar-refractivity contribution in [3.63, 3.8) is 0 Å². The molecule has 2 nitrogen and oxygen atoms in total. The summed E-state index contributed by atoms with van der Waals surface area (Å²) in [5.74, 6) is 0. The van der Waals surface area contributed by atoms with Gasteiger partial charge in [0.2, 0.25) is 0 Å². The fourth-order valence-corrected chi connectivity index (χ4v) is 7.86. The summed E-state index contributed by atoms with van der Waals surface area (Å²) in [6, 6.07) is 64.0. The molecular weight excluding hydrogens is 593 g/mol. The number of hydrogen-bond donors (Lipinski definition) is 0. The van der Waals surface area contributed by atoms with Crippen LogP contribution in [0.4, 0.5) is 0 Å². The van der Waals surface area contributed by atoms with Gasteiger partial charge in [-0.05, 0) is 91.3 Å². The monoisotopic (exact) mass is 622 g/mol. The first kappa shape index (κ1) is 27.6. The highest BCUT2D eigenvalue weighted by Crippen LogP contribution is 2.39. The number of aromatic nitrogens is 2. The van der Waals surface area contributed by atoms with E-state index in [1.807, 2.05) is 12.3 Å². The number of nitrogens with zero attached hydrogens (tertiary/aromatic N) is 2. The lowest BCUT2D eigenvalue weighted by atomic mass is 9.93. The lowest BCUT2D eigenvalue weighted by molar-refractivity contribution is 1.17. The van der Waals surface area contributed by atoms with Crippen molar-refractivity contribution in [2.24, 2.45) is 0 Å². The van der Waals surface area contributed by atoms with Crippen LogP contribution < -0.4 is 0 Å². The highest BCUT2D eigenvalue weighted by Gasteiger charge is 2.14. The third kappa shape index (κ3) is 4.31. The van der Waals surface area contributed by atoms with Crippen molar-refractivity contribution in [1.82, 2.24) is 9.55 Å². The standard InChI is InChI=1S/C47H30N2/c1-2-13-33(14-3-1)49-45-23-11-10-20-40(45)36-17-6-4-15-34(36)35-16-5-7-19-38(35)44-30-32(25-27-46(44)49)31-24-26-39-37-18-8-9-21-41(37)47-42(43(39)29-31)22-12-28-48-47/h1-30H. The lowest BCUT2D eigenvalue weighted by Crippen LogP contribution is -1.97. The van der Waals surface area contributed by atoms with Crippen LogP contribution in [-0.2, 0) is 0 Å². The maximum Gasteiger partial charge on any atom is 0.0786 e. The van der Waals surface area contributed by atoms with Gasteiger partial charge in [-0.2, -0.15) is 0 Å². The third-order valence-electron chi connectivity index (χ3n) is 10.0. The van der Waals surface area contributed by atoms with E-state index >= 15 is 0 Å². The summed E-state index contributed by atoms with van der Waals surface area (Å²) in [5.41, 5.74) is 6.82. The summed E-state index contributed by atoms with van der Waals surface area (Å²) in [4.78, 5) is 4.84. The Hall–Kier alpha value is -6.51. The van der Waals surface area contributed by atoms with Gasteiger partial charge in [-0.3, -0.25) is 4.98 Å². The SMILES string of the molecule is c1ccc(-n2c3ccccc3c3ccccc3c3ccccc3c3cc(-c4ccc5c6ccccc6c6ncccc6c5c4)ccc32)cc1. The van der Waals surface area contributed by atoms with Crippen molar-refractivity contribution in [2.75, 3.05) is 0 Å². The van der Waals surface area contributed by atoms with Gasteiger partial charge in [0.15, 0.2) is 0 Å². The lowest BCUT2D eigenvalue weighted by Gasteiger charge is -2.15. The fourth-order valence-electron chi connectivity index (χ4n) is 7.86. The van der Waals surface area contributed by atoms with Gasteiger partial charge in [0.1, 0.15) is 0 Å². The first-order valence-electron chi connectivity index (χ1n) is 16.8. The van der Waals surface area contributed by atoms with E-state index in [1.54, 1.807) is 0 Å². The van der Waals surface area contributed by atoms with Crippen LogP contribution in [0.2, 0.25) is 0 Å². The molecule has 0 N–H and O–H groups in total. The number of hydrogen-bond acceptors (Lipinski definition) is 1. The minimum Gasteiger partial charge on any atom is -0.309 e. The summed E-state index contributed by atoms with van der Waals surface area (Å²) >= 11 is 0. The molecule has 0 unspecified atom stereocenters. The summed E-state index contributed by atoms with van der Waals surface area (Å²) < 4.78 is 2.43. The summed E-state index contributed by atoms with van der Waals surface area (Å²) in [5, 5.41) is 13.3. The number of pyridine rings is 1. The third-order valence-corrected chi connectivity index (χ3v) is 10.0. The minimum absolute atomic E-state index is 1.04. The van der Waals surface area contributed by atoms with Crippen LogP contribution in [0.5, 0.6) is 0 Å². The Morgan fingerprint density at radius 1 is 0.306 bits per heavy atom. The second-order valence-corrected chi connectivity index (χ2v) is 12.7. The van der Waals surface area contributed by atoms with Crippen molar-refractivity contribution < 1.29 is 0 Å². The van der Waals surface area contributed by atoms with Crippen molar-refractivity contribution >= 4 is 75.8 Å². The van der Waals surface area contributed by atoms with Gasteiger partial charge in [-0.25, -0.2) is 0 Å². The molecule has 2 aromatic heterocycles. The average Bonchev–Trinajstić information content (AvgIpc) is 3.22. The average molecular weight is 623 g/mol. The molecule has 0 aliphatic heterocycles. The van der Waals surface area contributed by atoms with Gasteiger partial charge >= 0.3 is 0 Å². The molecule has 10 aromatic rings. The quantitative estimate of drug-likeness (QED) is 0.175. The number of fused-ring (bicyclic) bond motifs is 13. The molecule has 0 aliphatic rings. The maximum atomic E-state index is 4.84. The van der Waals surface area contributed by atoms with Crippen molar-refractivity contribution in [2.45, 2.75) is 0 Å². The molecule has 49 heavy (non-hydrogen) atoms. The zero-order valence-electron chi connectivity index (χ0n) is 26.7. The summed E-state index contributed by atoms with van der Waals surface area (Å²) in [6.07, 6.45) is 1.90. The van der Waals surface area contributed by atoms with Gasteiger partial charge in [-0.15, -0.1) is 0 Å². The maximum absolute atomic E-state index is 4.84. The molecule has 0 amide bonds. The fraction of sp³-hybridized carbons (Fsp3) is 0. The molecule has 2 heterocycles. The summed E-state index contributed by atoms with van der Waals surface area (Å²) in [6.45, 7) is 0. The van der Waals surface area contributed by atoms with Crippen molar-refractivity contribution in [3.8, 4) is 16.8 Å². The normalized spacial score (nSPS) is 11.7. The molecule has 2 heteroatoms. The highest BCUT2D eigenvalue weighted by molar-refractivity contribution is 6.25. The molecule has 0 aliphatic carbocycles. The smallest absolute Gasteiger partial charge is 0.0786 e. The Bertz CT molecular complexity index is 2950. The molecule has 8 aromatic carbocycles. The van der Waals surface area contributed by atoms with E-state index in [0.717, 1.165) is 22.2 Å². The zero-order valence-corrected chi connectivity index (χ0v) is 26.7. The molecule has 0 saturated heterocycles. The van der Waals surface area contributed by atoms with Crippen LogP contribution in [0, 0.1) is 0 Å². The van der Waals surface area contributed by atoms with Crippen molar-refractivity contribution in [1.29, 1.82) is 0 Å². The first-order chi connectivity index (χ1) is 24.3. The Balaban J connectivity index is 1.38. The predicted molar refractivity (Wildman–Crippen MR) is 209 cm³/mol. The van der Waals surface area contributed by atoms with Crippen LogP contribution in [0.25, 0.3) is 92.6 Å². The number of benzene rings is 8. The van der Waals surface area contributed by atoms with E-state index in [1.165, 1.54) is 70.4 Å². The van der Waals surface area contributed by atoms with Crippen LogP contribution in [-0.4, -0.2) is 9.55 Å². The van der Waals surface area contributed by atoms with Gasteiger partial charge < -0.3 is 4.57 Å². The molecule has 0 atom stereocenters. The van der Waals surface area contributed by atoms with Crippen molar-refractivity contribution in [3.05, 3.63) is 182 Å². The van der Waals surface area contributed by atoms with E-state index in [9.17, 15) is 0 Å². The largest absolute Gasteiger partial charge is 0.309 e. The van der Waals surface area contributed by atoms with E-state index in [0.29, 0.717) is 0 Å². The van der Waals surface area contributed by atoms with Crippen LogP contribution in [0.1, 0.15) is 0 Å². The zero-order chi connectivity index (χ0) is 32.3. The first-order valence-corrected chi connectivity index (χ1v) is 16.8. The van der Waals surface area contributed by atoms with E-state index < -0.39 is 0 Å². The molecule has 0 radical (unpaired) electrons. The molecule has 0 saturated carbocycles.